The summed E-state index contributed by atoms with van der Waals surface area (Å²) in [5.41, 5.74) is 2.98. The van der Waals surface area contributed by atoms with Crippen LogP contribution in [-0.2, 0) is 14.8 Å². The maximum absolute atomic E-state index is 12.6. The second-order valence-electron chi connectivity index (χ2n) is 6.73. The largest absolute Gasteiger partial charge is 0.326 e. The number of anilines is 1. The van der Waals surface area contributed by atoms with E-state index < -0.39 is 10.0 Å². The zero-order valence-corrected chi connectivity index (χ0v) is 15.8. The van der Waals surface area contributed by atoms with Crippen LogP contribution in [0.15, 0.2) is 47.6 Å². The zero-order valence-electron chi connectivity index (χ0n) is 15.0. The summed E-state index contributed by atoms with van der Waals surface area (Å²) in [7, 11) is -3.54. The van der Waals surface area contributed by atoms with Crippen LogP contribution in [0.5, 0.6) is 0 Å². The normalized spacial score (nSPS) is 16.4. The third-order valence-electron chi connectivity index (χ3n) is 4.59. The number of carbonyl (C=O) groups excluding carboxylic acids is 1. The predicted molar refractivity (Wildman–Crippen MR) is 100 cm³/mol. The van der Waals surface area contributed by atoms with E-state index in [1.54, 1.807) is 18.3 Å². The van der Waals surface area contributed by atoms with Crippen molar-refractivity contribution in [1.29, 1.82) is 0 Å². The van der Waals surface area contributed by atoms with Crippen LogP contribution < -0.4 is 5.32 Å². The summed E-state index contributed by atoms with van der Waals surface area (Å²) in [6.45, 7) is 4.65. The average Bonchev–Trinajstić information content (AvgIpc) is 2.61. The van der Waals surface area contributed by atoms with Gasteiger partial charge in [0, 0.05) is 37.1 Å². The average molecular weight is 373 g/mol. The van der Waals surface area contributed by atoms with E-state index in [1.165, 1.54) is 10.5 Å². The number of nitrogens with one attached hydrogen (secondary N) is 1. The summed E-state index contributed by atoms with van der Waals surface area (Å²) in [6, 6.07) is 9.08. The Morgan fingerprint density at radius 1 is 1.15 bits per heavy atom. The Balaban J connectivity index is 1.62. The van der Waals surface area contributed by atoms with Crippen molar-refractivity contribution in [3.63, 3.8) is 0 Å². The van der Waals surface area contributed by atoms with Crippen LogP contribution >= 0.6 is 0 Å². The fraction of sp³-hybridized carbons (Fsp3) is 0.368. The van der Waals surface area contributed by atoms with Gasteiger partial charge in [-0.15, -0.1) is 0 Å². The molecule has 2 heterocycles. The fourth-order valence-corrected chi connectivity index (χ4v) is 4.73. The van der Waals surface area contributed by atoms with Crippen LogP contribution in [0.3, 0.4) is 0 Å². The third-order valence-corrected chi connectivity index (χ3v) is 6.47. The quantitative estimate of drug-likeness (QED) is 0.894. The molecule has 0 aliphatic carbocycles. The first kappa shape index (κ1) is 18.5. The van der Waals surface area contributed by atoms with Gasteiger partial charge in [0.1, 0.15) is 4.90 Å². The van der Waals surface area contributed by atoms with Crippen molar-refractivity contribution < 1.29 is 13.2 Å². The summed E-state index contributed by atoms with van der Waals surface area (Å²) in [6.07, 6.45) is 3.92. The first-order chi connectivity index (χ1) is 12.4. The van der Waals surface area contributed by atoms with E-state index in [1.807, 2.05) is 26.0 Å². The van der Waals surface area contributed by atoms with Crippen LogP contribution in [0, 0.1) is 19.8 Å². The van der Waals surface area contributed by atoms with Crippen molar-refractivity contribution in [2.24, 2.45) is 5.92 Å². The Morgan fingerprint density at radius 3 is 2.38 bits per heavy atom. The maximum atomic E-state index is 12.6. The van der Waals surface area contributed by atoms with Gasteiger partial charge in [-0.2, -0.15) is 4.31 Å². The number of amides is 1. The van der Waals surface area contributed by atoms with E-state index in [-0.39, 0.29) is 16.7 Å². The number of hydrogen-bond acceptors (Lipinski definition) is 4. The molecular formula is C19H23N3O3S. The molecule has 2 aromatic rings. The van der Waals surface area contributed by atoms with Gasteiger partial charge in [-0.25, -0.2) is 8.42 Å². The molecule has 1 N–H and O–H groups in total. The lowest BCUT2D eigenvalue weighted by molar-refractivity contribution is -0.120. The van der Waals surface area contributed by atoms with Crippen LogP contribution in [0.25, 0.3) is 0 Å². The number of nitrogens with zero attached hydrogens (tertiary/aromatic N) is 2. The first-order valence-electron chi connectivity index (χ1n) is 8.65. The number of aryl methyl sites for hydroxylation is 2. The summed E-state index contributed by atoms with van der Waals surface area (Å²) >= 11 is 0. The lowest BCUT2D eigenvalue weighted by atomic mass is 9.97. The van der Waals surface area contributed by atoms with Crippen molar-refractivity contribution in [2.75, 3.05) is 18.4 Å². The minimum absolute atomic E-state index is 0.0478. The molecule has 0 spiro atoms. The SMILES string of the molecule is Cc1cc(C)cc(NC(=O)C2CCN(S(=O)(=O)c3cccnc3)CC2)c1. The minimum Gasteiger partial charge on any atom is -0.326 e. The second-order valence-corrected chi connectivity index (χ2v) is 8.67. The highest BCUT2D eigenvalue weighted by Crippen LogP contribution is 2.25. The van der Waals surface area contributed by atoms with Crippen LogP contribution in [0.1, 0.15) is 24.0 Å². The number of hydrogen-bond donors (Lipinski definition) is 1. The molecule has 0 unspecified atom stereocenters. The molecule has 138 valence electrons. The molecule has 6 nitrogen and oxygen atoms in total. The third kappa shape index (κ3) is 4.11. The van der Waals surface area contributed by atoms with E-state index >= 15 is 0 Å². The van der Waals surface area contributed by atoms with Crippen LogP contribution in [0.2, 0.25) is 0 Å². The van der Waals surface area contributed by atoms with Crippen LogP contribution in [0.4, 0.5) is 5.69 Å². The molecule has 1 aliphatic heterocycles. The fourth-order valence-electron chi connectivity index (χ4n) is 3.30. The van der Waals surface area contributed by atoms with E-state index in [2.05, 4.69) is 16.4 Å². The van der Waals surface area contributed by atoms with Crippen molar-refractivity contribution in [1.82, 2.24) is 9.29 Å². The molecule has 1 aromatic heterocycles. The van der Waals surface area contributed by atoms with Gasteiger partial charge in [0.05, 0.1) is 0 Å². The second kappa shape index (κ2) is 7.55. The van der Waals surface area contributed by atoms with Crippen LogP contribution in [-0.4, -0.2) is 36.7 Å². The standard InChI is InChI=1S/C19H23N3O3S/c1-14-10-15(2)12-17(11-14)21-19(23)16-5-8-22(9-6-16)26(24,25)18-4-3-7-20-13-18/h3-4,7,10-13,16H,5-6,8-9H2,1-2H3,(H,21,23). The van der Waals surface area contributed by atoms with Gasteiger partial charge in [0.25, 0.3) is 0 Å². The lowest BCUT2D eigenvalue weighted by Crippen LogP contribution is -2.41. The predicted octanol–water partition coefficient (Wildman–Crippen LogP) is 2.74. The van der Waals surface area contributed by atoms with Gasteiger partial charge in [0.15, 0.2) is 0 Å². The van der Waals surface area contributed by atoms with Gasteiger partial charge in [-0.1, -0.05) is 6.07 Å². The van der Waals surface area contributed by atoms with Gasteiger partial charge in [-0.3, -0.25) is 9.78 Å². The smallest absolute Gasteiger partial charge is 0.244 e. The molecule has 0 atom stereocenters. The van der Waals surface area contributed by atoms with Gasteiger partial charge in [-0.05, 0) is 62.1 Å². The molecule has 26 heavy (non-hydrogen) atoms. The molecule has 7 heteroatoms. The van der Waals surface area contributed by atoms with Gasteiger partial charge in [0.2, 0.25) is 15.9 Å². The first-order valence-corrected chi connectivity index (χ1v) is 10.1. The Labute approximate surface area is 154 Å². The molecule has 1 fully saturated rings. The zero-order chi connectivity index (χ0) is 18.7. The van der Waals surface area contributed by atoms with Gasteiger partial charge >= 0.3 is 0 Å². The van der Waals surface area contributed by atoms with Gasteiger partial charge < -0.3 is 5.32 Å². The summed E-state index contributed by atoms with van der Waals surface area (Å²) in [4.78, 5) is 16.6. The summed E-state index contributed by atoms with van der Waals surface area (Å²) in [5.74, 6) is -0.232. The maximum Gasteiger partial charge on any atom is 0.244 e. The molecule has 1 aromatic carbocycles. The molecule has 1 amide bonds. The number of benzene rings is 1. The molecule has 0 saturated carbocycles. The molecule has 1 aliphatic rings. The highest BCUT2D eigenvalue weighted by Gasteiger charge is 2.32. The van der Waals surface area contributed by atoms with Crippen molar-refractivity contribution >= 4 is 21.6 Å². The number of rotatable bonds is 4. The molecule has 1 saturated heterocycles. The summed E-state index contributed by atoms with van der Waals surface area (Å²) in [5, 5.41) is 2.96. The number of piperidine rings is 1. The van der Waals surface area contributed by atoms with Crippen molar-refractivity contribution in [3.8, 4) is 0 Å². The lowest BCUT2D eigenvalue weighted by Gasteiger charge is -2.30. The van der Waals surface area contributed by atoms with E-state index in [0.29, 0.717) is 25.9 Å². The molecular weight excluding hydrogens is 350 g/mol. The van der Waals surface area contributed by atoms with E-state index in [9.17, 15) is 13.2 Å². The number of pyridine rings is 1. The Bertz CT molecular complexity index is 869. The number of sulfonamides is 1. The summed E-state index contributed by atoms with van der Waals surface area (Å²) < 4.78 is 26.7. The molecule has 0 bridgehead atoms. The highest BCUT2D eigenvalue weighted by atomic mass is 32.2. The van der Waals surface area contributed by atoms with E-state index in [4.69, 9.17) is 0 Å². The Kier molecular flexibility index (Phi) is 5.38. The Hall–Kier alpha value is -2.25. The van der Waals surface area contributed by atoms with Crippen molar-refractivity contribution in [2.45, 2.75) is 31.6 Å². The highest BCUT2D eigenvalue weighted by molar-refractivity contribution is 7.89. The number of carbonyl (C=O) groups is 1. The molecule has 0 radical (unpaired) electrons. The minimum atomic E-state index is -3.54. The topological polar surface area (TPSA) is 79.4 Å². The van der Waals surface area contributed by atoms with E-state index in [0.717, 1.165) is 16.8 Å². The monoisotopic (exact) mass is 373 g/mol. The molecule has 3 rings (SSSR count). The van der Waals surface area contributed by atoms with Crippen molar-refractivity contribution in [3.05, 3.63) is 53.9 Å². The number of aromatic nitrogens is 1. The Morgan fingerprint density at radius 2 is 1.81 bits per heavy atom.